The number of nitrogens with zero attached hydrogens (tertiary/aromatic N) is 7. The van der Waals surface area contributed by atoms with Gasteiger partial charge in [-0.1, -0.05) is 0 Å². The van der Waals surface area contributed by atoms with Crippen LogP contribution >= 0.6 is 0 Å². The summed E-state index contributed by atoms with van der Waals surface area (Å²) in [4.78, 5) is 28.4. The highest BCUT2D eigenvalue weighted by Gasteiger charge is 2.33. The molecule has 0 bridgehead atoms. The van der Waals surface area contributed by atoms with Gasteiger partial charge in [0.25, 0.3) is 5.91 Å². The summed E-state index contributed by atoms with van der Waals surface area (Å²) in [7, 11) is 2.74. The molecule has 1 aliphatic heterocycles. The predicted molar refractivity (Wildman–Crippen MR) is 111 cm³/mol. The van der Waals surface area contributed by atoms with E-state index in [0.717, 1.165) is 7.05 Å². The van der Waals surface area contributed by atoms with E-state index in [4.69, 9.17) is 9.53 Å². The van der Waals surface area contributed by atoms with E-state index < -0.39 is 18.6 Å². The SMILES string of the molecule is CN(CC(F)(F)F)C(=O)c1cnn(C)c1-c1ccn2nc(N3CCOCC3)nc2c1.NC=O. The Morgan fingerprint density at radius 2 is 2.00 bits per heavy atom. The summed E-state index contributed by atoms with van der Waals surface area (Å²) in [6.45, 7) is 1.25. The van der Waals surface area contributed by atoms with Crippen molar-refractivity contribution in [1.82, 2.24) is 29.3 Å². The van der Waals surface area contributed by atoms with E-state index in [1.165, 1.54) is 10.9 Å². The number of fused-ring (bicyclic) bond motifs is 1. The van der Waals surface area contributed by atoms with Crippen LogP contribution in [0.3, 0.4) is 0 Å². The number of anilines is 1. The Balaban J connectivity index is 0.000000968. The summed E-state index contributed by atoms with van der Waals surface area (Å²) in [5, 5.41) is 8.54. The van der Waals surface area contributed by atoms with Crippen LogP contribution in [0.5, 0.6) is 0 Å². The highest BCUT2D eigenvalue weighted by Crippen LogP contribution is 2.27. The Morgan fingerprint density at radius 3 is 2.64 bits per heavy atom. The lowest BCUT2D eigenvalue weighted by atomic mass is 10.1. The van der Waals surface area contributed by atoms with Crippen LogP contribution in [0.25, 0.3) is 16.9 Å². The number of amides is 2. The number of rotatable bonds is 4. The zero-order chi connectivity index (χ0) is 24.2. The van der Waals surface area contributed by atoms with Crippen LogP contribution in [-0.4, -0.2) is 87.7 Å². The molecule has 0 unspecified atom stereocenters. The summed E-state index contributed by atoms with van der Waals surface area (Å²) >= 11 is 0. The minimum atomic E-state index is -4.48. The van der Waals surface area contributed by atoms with E-state index >= 15 is 0 Å². The largest absolute Gasteiger partial charge is 0.406 e. The number of nitrogens with two attached hydrogens (primary N) is 1. The fourth-order valence-corrected chi connectivity index (χ4v) is 3.40. The van der Waals surface area contributed by atoms with Crippen LogP contribution in [0.2, 0.25) is 0 Å². The molecule has 0 spiro atoms. The van der Waals surface area contributed by atoms with Gasteiger partial charge in [-0.25, -0.2) is 4.52 Å². The number of carbonyl (C=O) groups excluding carboxylic acids is 2. The average molecular weight is 468 g/mol. The number of alkyl halides is 3. The second-order valence-electron chi connectivity index (χ2n) is 7.17. The first-order chi connectivity index (χ1) is 15.6. The smallest absolute Gasteiger partial charge is 0.378 e. The summed E-state index contributed by atoms with van der Waals surface area (Å²) in [5.74, 6) is -0.188. The van der Waals surface area contributed by atoms with Crippen LogP contribution in [-0.2, 0) is 16.6 Å². The molecule has 1 fully saturated rings. The molecule has 0 aromatic carbocycles. The summed E-state index contributed by atoms with van der Waals surface area (Å²) in [6, 6.07) is 3.46. The van der Waals surface area contributed by atoms with Crippen molar-refractivity contribution in [3.05, 3.63) is 30.1 Å². The fraction of sp³-hybridized carbons (Fsp3) is 0.421. The third kappa shape index (κ3) is 5.58. The zero-order valence-electron chi connectivity index (χ0n) is 18.0. The summed E-state index contributed by atoms with van der Waals surface area (Å²) < 4.78 is 46.5. The van der Waals surface area contributed by atoms with Crippen molar-refractivity contribution in [2.75, 3.05) is 44.8 Å². The number of morpholine rings is 1. The molecule has 0 saturated carbocycles. The van der Waals surface area contributed by atoms with Crippen molar-refractivity contribution in [3.63, 3.8) is 0 Å². The number of carbonyl (C=O) groups is 2. The van der Waals surface area contributed by atoms with Crippen molar-refractivity contribution in [3.8, 4) is 11.3 Å². The molecule has 2 N–H and O–H groups in total. The third-order valence-electron chi connectivity index (χ3n) is 4.83. The lowest BCUT2D eigenvalue weighted by molar-refractivity contribution is -0.138. The number of pyridine rings is 1. The van der Waals surface area contributed by atoms with Crippen molar-refractivity contribution < 1.29 is 27.5 Å². The van der Waals surface area contributed by atoms with Gasteiger partial charge in [-0.2, -0.15) is 23.3 Å². The number of hydrogen-bond acceptors (Lipinski definition) is 7. The van der Waals surface area contributed by atoms with Gasteiger partial charge in [0.1, 0.15) is 6.54 Å². The van der Waals surface area contributed by atoms with Gasteiger partial charge in [0, 0.05) is 38.9 Å². The third-order valence-corrected chi connectivity index (χ3v) is 4.83. The standard InChI is InChI=1S/C18H20F3N7O2.CH3NO/c1-25(11-18(19,20)21)16(29)13-10-22-26(2)15(13)12-3-4-28-14(9-12)23-17(24-28)27-5-7-30-8-6-27;2-1-3/h3-4,9-10H,5-8,11H2,1-2H3;1H,(H2,2,3). The Kier molecular flexibility index (Phi) is 7.16. The molecule has 1 saturated heterocycles. The maximum Gasteiger partial charge on any atom is 0.406 e. The highest BCUT2D eigenvalue weighted by molar-refractivity contribution is 6.00. The molecule has 3 aromatic rings. The molecule has 0 atom stereocenters. The molecule has 3 aromatic heterocycles. The number of halogens is 3. The number of aryl methyl sites for hydroxylation is 1. The number of aromatic nitrogens is 5. The molecule has 11 nitrogen and oxygen atoms in total. The van der Waals surface area contributed by atoms with E-state index in [-0.39, 0.29) is 12.0 Å². The van der Waals surface area contributed by atoms with Crippen LogP contribution in [0.4, 0.5) is 19.1 Å². The Bertz CT molecular complexity index is 1120. The minimum absolute atomic E-state index is 0.0847. The van der Waals surface area contributed by atoms with Crippen molar-refractivity contribution >= 4 is 23.9 Å². The van der Waals surface area contributed by atoms with E-state index in [0.29, 0.717) is 54.1 Å². The van der Waals surface area contributed by atoms with Gasteiger partial charge in [-0.15, -0.1) is 5.10 Å². The highest BCUT2D eigenvalue weighted by atomic mass is 19.4. The van der Waals surface area contributed by atoms with Crippen LogP contribution < -0.4 is 10.6 Å². The quantitative estimate of drug-likeness (QED) is 0.559. The van der Waals surface area contributed by atoms with Crippen LogP contribution in [0.15, 0.2) is 24.5 Å². The van der Waals surface area contributed by atoms with Crippen molar-refractivity contribution in [2.45, 2.75) is 6.18 Å². The fourth-order valence-electron chi connectivity index (χ4n) is 3.40. The van der Waals surface area contributed by atoms with Gasteiger partial charge in [-0.3, -0.25) is 14.3 Å². The maximum atomic E-state index is 12.7. The van der Waals surface area contributed by atoms with Crippen molar-refractivity contribution in [1.29, 1.82) is 0 Å². The van der Waals surface area contributed by atoms with Crippen molar-refractivity contribution in [2.24, 2.45) is 12.8 Å². The second kappa shape index (κ2) is 9.85. The number of ether oxygens (including phenoxy) is 1. The molecule has 1 aliphatic rings. The lowest BCUT2D eigenvalue weighted by Gasteiger charge is -2.25. The van der Waals surface area contributed by atoms with Gasteiger partial charge >= 0.3 is 6.18 Å². The Hall–Kier alpha value is -3.68. The van der Waals surface area contributed by atoms with Gasteiger partial charge in [0.05, 0.1) is 30.7 Å². The number of primary amides is 1. The molecule has 4 rings (SSSR count). The minimum Gasteiger partial charge on any atom is -0.378 e. The molecule has 2 amide bonds. The molecule has 33 heavy (non-hydrogen) atoms. The topological polar surface area (TPSA) is 124 Å². The second-order valence-corrected chi connectivity index (χ2v) is 7.17. The van der Waals surface area contributed by atoms with E-state index in [9.17, 15) is 18.0 Å². The van der Waals surface area contributed by atoms with E-state index in [1.54, 1.807) is 29.9 Å². The predicted octanol–water partition coefficient (Wildman–Crippen LogP) is 0.702. The Morgan fingerprint density at radius 1 is 1.33 bits per heavy atom. The average Bonchev–Trinajstić information content (AvgIpc) is 3.36. The normalized spacial score (nSPS) is 14.0. The van der Waals surface area contributed by atoms with Gasteiger partial charge in [0.15, 0.2) is 5.65 Å². The number of hydrogen-bond donors (Lipinski definition) is 1. The first-order valence-electron chi connectivity index (χ1n) is 9.83. The van der Waals surface area contributed by atoms with Crippen LogP contribution in [0, 0.1) is 0 Å². The van der Waals surface area contributed by atoms with E-state index in [2.05, 4.69) is 20.9 Å². The first-order valence-corrected chi connectivity index (χ1v) is 9.83. The summed E-state index contributed by atoms with van der Waals surface area (Å²) in [6.07, 6.45) is -1.26. The maximum absolute atomic E-state index is 12.7. The van der Waals surface area contributed by atoms with Gasteiger partial charge in [-0.05, 0) is 12.1 Å². The lowest BCUT2D eigenvalue weighted by Crippen LogP contribution is -2.36. The van der Waals surface area contributed by atoms with Gasteiger partial charge < -0.3 is 20.3 Å². The molecule has 0 aliphatic carbocycles. The molecule has 0 radical (unpaired) electrons. The zero-order valence-corrected chi connectivity index (χ0v) is 18.0. The Labute approximate surface area is 186 Å². The molecular formula is C19H23F3N8O3. The summed E-state index contributed by atoms with van der Waals surface area (Å²) in [5.41, 5.74) is 5.82. The molecule has 14 heteroatoms. The molecular weight excluding hydrogens is 445 g/mol. The monoisotopic (exact) mass is 468 g/mol. The van der Waals surface area contributed by atoms with Crippen LogP contribution in [0.1, 0.15) is 10.4 Å². The van der Waals surface area contributed by atoms with E-state index in [1.807, 2.05) is 4.90 Å². The molecule has 4 heterocycles. The first kappa shape index (κ1) is 24.0. The molecule has 178 valence electrons. The van der Waals surface area contributed by atoms with Gasteiger partial charge in [0.2, 0.25) is 12.4 Å².